The van der Waals surface area contributed by atoms with E-state index in [1.54, 1.807) is 4.98 Å². The van der Waals surface area contributed by atoms with Gasteiger partial charge >= 0.3 is 6.18 Å². The molecule has 1 aromatic rings. The Morgan fingerprint density at radius 1 is 1.54 bits per heavy atom. The lowest BCUT2D eigenvalue weighted by Gasteiger charge is -2.05. The molecule has 0 atom stereocenters. The van der Waals surface area contributed by atoms with Crippen molar-refractivity contribution in [3.63, 3.8) is 0 Å². The van der Waals surface area contributed by atoms with Crippen molar-refractivity contribution in [2.24, 2.45) is 0 Å². The molecule has 4 nitrogen and oxygen atoms in total. The molecule has 1 aromatic heterocycles. The number of alkyl halides is 3. The molecule has 0 bridgehead atoms. The summed E-state index contributed by atoms with van der Waals surface area (Å²) in [5, 5.41) is 0. The van der Waals surface area contributed by atoms with Crippen LogP contribution in [0.2, 0.25) is 0 Å². The minimum atomic E-state index is -4.67. The van der Waals surface area contributed by atoms with Crippen LogP contribution in [0, 0.1) is 0 Å². The molecular formula is C6H5F3N2O2. The van der Waals surface area contributed by atoms with Gasteiger partial charge in [0.1, 0.15) is 0 Å². The highest BCUT2D eigenvalue weighted by molar-refractivity contribution is 5.09. The molecule has 7 heteroatoms. The second kappa shape index (κ2) is 3.08. The lowest BCUT2D eigenvalue weighted by Crippen LogP contribution is -2.18. The Balaban J connectivity index is 3.24. The van der Waals surface area contributed by atoms with Gasteiger partial charge in [-0.05, 0) is 0 Å². The van der Waals surface area contributed by atoms with Crippen LogP contribution < -0.4 is 10.3 Å². The topological polar surface area (TPSA) is 55.0 Å². The third kappa shape index (κ3) is 2.20. The number of methoxy groups -OCH3 is 1. The van der Waals surface area contributed by atoms with E-state index in [9.17, 15) is 18.0 Å². The number of hydrogen-bond donors (Lipinski definition) is 1. The van der Waals surface area contributed by atoms with Gasteiger partial charge in [-0.15, -0.1) is 0 Å². The molecule has 0 aliphatic heterocycles. The Bertz CT molecular complexity index is 358. The molecular weight excluding hydrogens is 189 g/mol. The standard InChI is InChI=1S/C6H5F3N2O2/c1-13-4-2-3(12)10-5(11-4)6(7,8)9/h2H,1H3,(H,10,11,12). The lowest BCUT2D eigenvalue weighted by atomic mass is 10.5. The molecule has 0 saturated carbocycles. The van der Waals surface area contributed by atoms with Crippen LogP contribution in [0.4, 0.5) is 13.2 Å². The highest BCUT2D eigenvalue weighted by Crippen LogP contribution is 2.25. The van der Waals surface area contributed by atoms with E-state index < -0.39 is 17.6 Å². The van der Waals surface area contributed by atoms with Crippen molar-refractivity contribution in [1.82, 2.24) is 9.97 Å². The Morgan fingerprint density at radius 3 is 2.62 bits per heavy atom. The van der Waals surface area contributed by atoms with Gasteiger partial charge in [0.15, 0.2) is 0 Å². The van der Waals surface area contributed by atoms with E-state index in [1.807, 2.05) is 0 Å². The second-order valence-electron chi connectivity index (χ2n) is 2.13. The number of nitrogens with one attached hydrogen (secondary N) is 1. The molecule has 0 spiro atoms. The Hall–Kier alpha value is -1.53. The highest BCUT2D eigenvalue weighted by atomic mass is 19.4. The normalized spacial score (nSPS) is 11.4. The van der Waals surface area contributed by atoms with Crippen molar-refractivity contribution in [3.8, 4) is 5.88 Å². The van der Waals surface area contributed by atoms with Crippen molar-refractivity contribution in [2.45, 2.75) is 6.18 Å². The number of aromatic nitrogens is 2. The molecule has 0 amide bonds. The average Bonchev–Trinajstić information content (AvgIpc) is 2.01. The number of halogens is 3. The average molecular weight is 194 g/mol. The summed E-state index contributed by atoms with van der Waals surface area (Å²) in [6, 6.07) is 0.829. The van der Waals surface area contributed by atoms with E-state index in [0.717, 1.165) is 13.2 Å². The van der Waals surface area contributed by atoms with Gasteiger partial charge in [0, 0.05) is 0 Å². The van der Waals surface area contributed by atoms with Crippen molar-refractivity contribution >= 4 is 0 Å². The summed E-state index contributed by atoms with van der Waals surface area (Å²) in [5.74, 6) is -1.73. The summed E-state index contributed by atoms with van der Waals surface area (Å²) >= 11 is 0. The van der Waals surface area contributed by atoms with E-state index in [2.05, 4.69) is 9.72 Å². The van der Waals surface area contributed by atoms with Crippen LogP contribution in [0.5, 0.6) is 5.88 Å². The minimum absolute atomic E-state index is 0.365. The van der Waals surface area contributed by atoms with Crippen LogP contribution >= 0.6 is 0 Å². The predicted octanol–water partition coefficient (Wildman–Crippen LogP) is 0.797. The molecule has 1 N–H and O–H groups in total. The van der Waals surface area contributed by atoms with Gasteiger partial charge < -0.3 is 9.72 Å². The van der Waals surface area contributed by atoms with Crippen molar-refractivity contribution < 1.29 is 17.9 Å². The number of H-pyrrole nitrogens is 1. The van der Waals surface area contributed by atoms with Gasteiger partial charge in [-0.2, -0.15) is 18.2 Å². The van der Waals surface area contributed by atoms with E-state index >= 15 is 0 Å². The predicted molar refractivity (Wildman–Crippen MR) is 36.4 cm³/mol. The largest absolute Gasteiger partial charge is 0.481 e. The second-order valence-corrected chi connectivity index (χ2v) is 2.13. The Kier molecular flexibility index (Phi) is 2.26. The number of ether oxygens (including phenoxy) is 1. The maximum absolute atomic E-state index is 12.0. The number of nitrogens with zero attached hydrogens (tertiary/aromatic N) is 1. The first kappa shape index (κ1) is 9.56. The Labute approximate surface area is 70.4 Å². The number of rotatable bonds is 1. The Morgan fingerprint density at radius 2 is 2.15 bits per heavy atom. The van der Waals surface area contributed by atoms with Crippen LogP contribution in [0.1, 0.15) is 5.82 Å². The fourth-order valence-corrected chi connectivity index (χ4v) is 0.674. The smallest absolute Gasteiger partial charge is 0.449 e. The zero-order valence-corrected chi connectivity index (χ0v) is 6.47. The fourth-order valence-electron chi connectivity index (χ4n) is 0.674. The number of hydrogen-bond acceptors (Lipinski definition) is 3. The third-order valence-corrected chi connectivity index (χ3v) is 1.20. The molecule has 1 rings (SSSR count). The van der Waals surface area contributed by atoms with Crippen molar-refractivity contribution in [2.75, 3.05) is 7.11 Å². The molecule has 1 heterocycles. The highest BCUT2D eigenvalue weighted by Gasteiger charge is 2.34. The summed E-state index contributed by atoms with van der Waals surface area (Å²) in [5.41, 5.74) is -0.904. The molecule has 0 aliphatic rings. The van der Waals surface area contributed by atoms with Crippen molar-refractivity contribution in [3.05, 3.63) is 22.2 Å². The summed E-state index contributed by atoms with van der Waals surface area (Å²) in [7, 11) is 1.13. The molecule has 13 heavy (non-hydrogen) atoms. The summed E-state index contributed by atoms with van der Waals surface area (Å²) in [4.78, 5) is 15.2. The van der Waals surface area contributed by atoms with Crippen LogP contribution in [0.25, 0.3) is 0 Å². The lowest BCUT2D eigenvalue weighted by molar-refractivity contribution is -0.145. The van der Waals surface area contributed by atoms with Gasteiger partial charge in [0.2, 0.25) is 11.7 Å². The van der Waals surface area contributed by atoms with E-state index in [4.69, 9.17) is 0 Å². The molecule has 0 fully saturated rings. The maximum atomic E-state index is 12.0. The van der Waals surface area contributed by atoms with Crippen LogP contribution in [0.15, 0.2) is 10.9 Å². The first-order chi connectivity index (χ1) is 5.93. The molecule has 72 valence electrons. The zero-order valence-electron chi connectivity index (χ0n) is 6.47. The zero-order chi connectivity index (χ0) is 10.1. The first-order valence-corrected chi connectivity index (χ1v) is 3.16. The SMILES string of the molecule is COc1cc(=O)[nH]c(C(F)(F)F)n1. The molecule has 0 unspecified atom stereocenters. The quantitative estimate of drug-likeness (QED) is 0.719. The fraction of sp³-hybridized carbons (Fsp3) is 0.333. The summed E-state index contributed by atoms with van der Waals surface area (Å²) in [6.07, 6.45) is -4.67. The van der Waals surface area contributed by atoms with Gasteiger partial charge in [-0.3, -0.25) is 4.79 Å². The molecule has 0 aromatic carbocycles. The van der Waals surface area contributed by atoms with E-state index in [1.165, 1.54) is 0 Å². The third-order valence-electron chi connectivity index (χ3n) is 1.20. The minimum Gasteiger partial charge on any atom is -0.481 e. The van der Waals surface area contributed by atoms with Crippen LogP contribution in [-0.2, 0) is 6.18 Å². The van der Waals surface area contributed by atoms with Gasteiger partial charge in [0.25, 0.3) is 5.56 Å². The van der Waals surface area contributed by atoms with Gasteiger partial charge in [0.05, 0.1) is 13.2 Å². The summed E-state index contributed by atoms with van der Waals surface area (Å²) < 4.78 is 40.4. The van der Waals surface area contributed by atoms with Crippen LogP contribution in [-0.4, -0.2) is 17.1 Å². The molecule has 0 aliphatic carbocycles. The number of aromatic amines is 1. The maximum Gasteiger partial charge on any atom is 0.449 e. The van der Waals surface area contributed by atoms with E-state index in [0.29, 0.717) is 0 Å². The van der Waals surface area contributed by atoms with Gasteiger partial charge in [-0.1, -0.05) is 0 Å². The van der Waals surface area contributed by atoms with Gasteiger partial charge in [-0.25, -0.2) is 0 Å². The summed E-state index contributed by atoms with van der Waals surface area (Å²) in [6.45, 7) is 0. The molecule has 0 saturated heterocycles. The molecule has 0 radical (unpaired) electrons. The van der Waals surface area contributed by atoms with Crippen LogP contribution in [0.3, 0.4) is 0 Å². The first-order valence-electron chi connectivity index (χ1n) is 3.16. The van der Waals surface area contributed by atoms with E-state index in [-0.39, 0.29) is 5.88 Å². The van der Waals surface area contributed by atoms with Crippen molar-refractivity contribution in [1.29, 1.82) is 0 Å². The monoisotopic (exact) mass is 194 g/mol.